The zero-order valence-corrected chi connectivity index (χ0v) is 15.7. The first kappa shape index (κ1) is 20.0. The summed E-state index contributed by atoms with van der Waals surface area (Å²) in [7, 11) is 0. The van der Waals surface area contributed by atoms with E-state index in [1.807, 2.05) is 0 Å². The number of aliphatic hydroxyl groups is 1. The molecule has 0 aliphatic carbocycles. The molecule has 0 aromatic heterocycles. The summed E-state index contributed by atoms with van der Waals surface area (Å²) in [5, 5.41) is 11.1. The van der Waals surface area contributed by atoms with Gasteiger partial charge in [0.15, 0.2) is 10.1 Å². The van der Waals surface area contributed by atoms with Crippen LogP contribution in [0.4, 0.5) is 0 Å². The summed E-state index contributed by atoms with van der Waals surface area (Å²) in [5.41, 5.74) is -0.967. The average molecular weight is 345 g/mol. The molecule has 1 atom stereocenters. The van der Waals surface area contributed by atoms with E-state index in [1.54, 1.807) is 0 Å². The second kappa shape index (κ2) is 11.5. The first-order valence-electron chi connectivity index (χ1n) is 9.06. The Bertz CT molecular complexity index is 344. The summed E-state index contributed by atoms with van der Waals surface area (Å²) in [6, 6.07) is 0. The predicted octanol–water partition coefficient (Wildman–Crippen LogP) is 5.88. The van der Waals surface area contributed by atoms with Crippen molar-refractivity contribution >= 4 is 34.5 Å². The quantitative estimate of drug-likeness (QED) is 0.333. The van der Waals surface area contributed by atoms with Crippen LogP contribution in [-0.2, 0) is 4.74 Å². The van der Waals surface area contributed by atoms with Gasteiger partial charge in [0.05, 0.1) is 6.42 Å². The molecular weight excluding hydrogens is 312 g/mol. The number of ether oxygens (including phenoxy) is 1. The first-order chi connectivity index (χ1) is 10.6. The normalized spacial score (nSPS) is 21.4. The van der Waals surface area contributed by atoms with Crippen LogP contribution >= 0.6 is 24.4 Å². The van der Waals surface area contributed by atoms with Crippen LogP contribution in [0.1, 0.15) is 96.8 Å². The van der Waals surface area contributed by atoms with Gasteiger partial charge in [-0.25, -0.2) is 0 Å². The van der Waals surface area contributed by atoms with Gasteiger partial charge in [-0.1, -0.05) is 84.0 Å². The number of rotatable bonds is 13. The summed E-state index contributed by atoms with van der Waals surface area (Å²) in [4.78, 5) is 0. The molecule has 1 rings (SSSR count). The van der Waals surface area contributed by atoms with Gasteiger partial charge in [-0.05, 0) is 30.9 Å². The molecule has 128 valence electrons. The van der Waals surface area contributed by atoms with Gasteiger partial charge in [0.2, 0.25) is 0 Å². The second-order valence-electron chi connectivity index (χ2n) is 6.61. The fourth-order valence-corrected chi connectivity index (χ4v) is 3.64. The lowest BCUT2D eigenvalue weighted by molar-refractivity contribution is 0.109. The lowest BCUT2D eigenvalue weighted by atomic mass is 9.95. The molecule has 0 aromatic rings. The van der Waals surface area contributed by atoms with E-state index in [1.165, 1.54) is 64.2 Å². The molecule has 4 heteroatoms. The molecule has 1 aliphatic heterocycles. The second-order valence-corrected chi connectivity index (χ2v) is 7.44. The van der Waals surface area contributed by atoms with Crippen LogP contribution < -0.4 is 0 Å². The van der Waals surface area contributed by atoms with Gasteiger partial charge < -0.3 is 9.84 Å². The van der Waals surface area contributed by atoms with Gasteiger partial charge in [0.1, 0.15) is 5.60 Å². The minimum atomic E-state index is -0.967. The highest BCUT2D eigenvalue weighted by molar-refractivity contribution is 7.81. The zero-order valence-electron chi connectivity index (χ0n) is 14.1. The van der Waals surface area contributed by atoms with Crippen molar-refractivity contribution in [3.63, 3.8) is 0 Å². The minimum Gasteiger partial charge on any atom is -0.440 e. The Morgan fingerprint density at radius 1 is 0.864 bits per heavy atom. The van der Waals surface area contributed by atoms with Gasteiger partial charge in [-0.15, -0.1) is 0 Å². The third-order valence-electron chi connectivity index (χ3n) is 4.47. The highest BCUT2D eigenvalue weighted by Gasteiger charge is 2.41. The maximum Gasteiger partial charge on any atom is 0.200 e. The zero-order chi connectivity index (χ0) is 16.3. The molecular formula is C18H32O2S2. The van der Waals surface area contributed by atoms with Crippen LogP contribution in [0.25, 0.3) is 0 Å². The molecule has 0 bridgehead atoms. The van der Waals surface area contributed by atoms with E-state index in [0.29, 0.717) is 17.9 Å². The Morgan fingerprint density at radius 2 is 1.32 bits per heavy atom. The molecule has 0 saturated carbocycles. The summed E-state index contributed by atoms with van der Waals surface area (Å²) >= 11 is 10.0. The molecule has 1 heterocycles. The molecule has 1 unspecified atom stereocenters. The van der Waals surface area contributed by atoms with E-state index in [2.05, 4.69) is 6.92 Å². The smallest absolute Gasteiger partial charge is 0.200 e. The number of unbranched alkanes of at least 4 members (excludes halogenated alkanes) is 11. The predicted molar refractivity (Wildman–Crippen MR) is 102 cm³/mol. The topological polar surface area (TPSA) is 29.5 Å². The Morgan fingerprint density at radius 3 is 1.73 bits per heavy atom. The van der Waals surface area contributed by atoms with Gasteiger partial charge in [-0.3, -0.25) is 0 Å². The summed E-state index contributed by atoms with van der Waals surface area (Å²) in [5.74, 6) is 0. The third kappa shape index (κ3) is 7.98. The van der Waals surface area contributed by atoms with E-state index >= 15 is 0 Å². The van der Waals surface area contributed by atoms with Crippen molar-refractivity contribution in [2.24, 2.45) is 0 Å². The minimum absolute atomic E-state index is 0.278. The molecule has 1 aliphatic rings. The fourth-order valence-electron chi connectivity index (χ4n) is 2.99. The number of hydrogen-bond donors (Lipinski definition) is 1. The van der Waals surface area contributed by atoms with Crippen molar-refractivity contribution in [3.8, 4) is 0 Å². The van der Waals surface area contributed by atoms with Crippen molar-refractivity contribution in [3.05, 3.63) is 0 Å². The molecule has 22 heavy (non-hydrogen) atoms. The van der Waals surface area contributed by atoms with E-state index in [-0.39, 0.29) is 5.05 Å². The Labute approximate surface area is 147 Å². The van der Waals surface area contributed by atoms with Crippen molar-refractivity contribution in [1.29, 1.82) is 0 Å². The lowest BCUT2D eigenvalue weighted by Crippen LogP contribution is -2.32. The highest BCUT2D eigenvalue weighted by atomic mass is 32.1. The van der Waals surface area contributed by atoms with Gasteiger partial charge in [0, 0.05) is 0 Å². The Balaban J connectivity index is 1.88. The number of hydrogen-bond acceptors (Lipinski definition) is 4. The average Bonchev–Trinajstić information content (AvgIpc) is 2.73. The number of thiocarbonyl (C=S) groups is 2. The van der Waals surface area contributed by atoms with Crippen LogP contribution in [0.5, 0.6) is 0 Å². The van der Waals surface area contributed by atoms with Crippen LogP contribution in [-0.4, -0.2) is 20.8 Å². The lowest BCUT2D eigenvalue weighted by Gasteiger charge is -2.18. The highest BCUT2D eigenvalue weighted by Crippen LogP contribution is 2.29. The molecule has 0 amide bonds. The van der Waals surface area contributed by atoms with Crippen LogP contribution in [0.3, 0.4) is 0 Å². The van der Waals surface area contributed by atoms with Gasteiger partial charge in [0.25, 0.3) is 0 Å². The first-order valence-corrected chi connectivity index (χ1v) is 9.87. The van der Waals surface area contributed by atoms with E-state index in [9.17, 15) is 5.11 Å². The summed E-state index contributed by atoms with van der Waals surface area (Å²) in [6.07, 6.45) is 16.9. The maximum atomic E-state index is 10.3. The molecule has 1 N–H and O–H groups in total. The van der Waals surface area contributed by atoms with Crippen molar-refractivity contribution in [2.45, 2.75) is 102 Å². The van der Waals surface area contributed by atoms with E-state index < -0.39 is 5.60 Å². The standard InChI is InChI=1S/C18H32O2S2/c1-2-3-4-5-6-7-8-9-10-11-12-13-14-18(19)15-16(21)20-17(18)22/h19H,2-15H2,1H3. The van der Waals surface area contributed by atoms with Crippen LogP contribution in [0.2, 0.25) is 0 Å². The largest absolute Gasteiger partial charge is 0.440 e. The molecule has 1 saturated heterocycles. The van der Waals surface area contributed by atoms with Gasteiger partial charge >= 0.3 is 0 Å². The molecule has 1 fully saturated rings. The monoisotopic (exact) mass is 344 g/mol. The molecule has 2 nitrogen and oxygen atoms in total. The van der Waals surface area contributed by atoms with E-state index in [0.717, 1.165) is 12.8 Å². The van der Waals surface area contributed by atoms with Crippen molar-refractivity contribution in [1.82, 2.24) is 0 Å². The molecule has 0 spiro atoms. The molecule has 0 aromatic carbocycles. The summed E-state index contributed by atoms with van der Waals surface area (Å²) in [6.45, 7) is 2.26. The third-order valence-corrected chi connectivity index (χ3v) is 5.16. The van der Waals surface area contributed by atoms with Crippen molar-refractivity contribution < 1.29 is 9.84 Å². The summed E-state index contributed by atoms with van der Waals surface area (Å²) < 4.78 is 5.15. The van der Waals surface area contributed by atoms with Crippen LogP contribution in [0, 0.1) is 0 Å². The Hall–Kier alpha value is -0.0600. The van der Waals surface area contributed by atoms with E-state index in [4.69, 9.17) is 29.2 Å². The molecule has 0 radical (unpaired) electrons. The maximum absolute atomic E-state index is 10.3. The van der Waals surface area contributed by atoms with Crippen molar-refractivity contribution in [2.75, 3.05) is 0 Å². The SMILES string of the molecule is CCCCCCCCCCCCCCC1(O)CC(=S)OC1=S. The Kier molecular flexibility index (Phi) is 10.4. The van der Waals surface area contributed by atoms with Gasteiger partial charge in [-0.2, -0.15) is 0 Å². The fraction of sp³-hybridized carbons (Fsp3) is 0.889. The van der Waals surface area contributed by atoms with Crippen LogP contribution in [0.15, 0.2) is 0 Å².